The Labute approximate surface area is 109 Å². The summed E-state index contributed by atoms with van der Waals surface area (Å²) < 4.78 is 7.13. The Kier molecular flexibility index (Phi) is 3.20. The molecule has 0 aliphatic carbocycles. The fraction of sp³-hybridized carbons (Fsp3) is 0.333. The van der Waals surface area contributed by atoms with Gasteiger partial charge in [-0.3, -0.25) is 4.57 Å². The third kappa shape index (κ3) is 2.32. The number of hydrogen-bond donors (Lipinski definition) is 0. The number of morpholine rings is 1. The average Bonchev–Trinajstić information content (AvgIpc) is 3.01. The number of anilines is 1. The van der Waals surface area contributed by atoms with Gasteiger partial charge < -0.3 is 9.64 Å². The predicted molar refractivity (Wildman–Crippen MR) is 69.8 cm³/mol. The van der Waals surface area contributed by atoms with E-state index >= 15 is 0 Å². The van der Waals surface area contributed by atoms with E-state index in [1.54, 1.807) is 29.4 Å². The highest BCUT2D eigenvalue weighted by Gasteiger charge is 2.16. The molecule has 0 atom stereocenters. The molecule has 0 spiro atoms. The molecule has 0 bridgehead atoms. The van der Waals surface area contributed by atoms with Crippen LogP contribution in [0, 0.1) is 4.91 Å². The predicted octanol–water partition coefficient (Wildman–Crippen LogP) is 1.50. The van der Waals surface area contributed by atoms with Crippen LogP contribution < -0.4 is 4.90 Å². The molecule has 98 valence electrons. The van der Waals surface area contributed by atoms with Crippen LogP contribution in [0.1, 0.15) is 0 Å². The minimum absolute atomic E-state index is 0.390. The summed E-state index contributed by atoms with van der Waals surface area (Å²) in [5.74, 6) is 0. The van der Waals surface area contributed by atoms with E-state index in [1.807, 2.05) is 6.07 Å². The van der Waals surface area contributed by atoms with Crippen molar-refractivity contribution >= 4 is 11.4 Å². The Bertz CT molecular complexity index is 564. The number of aromatic nitrogens is 3. The molecular weight excluding hydrogens is 246 g/mol. The first-order chi connectivity index (χ1) is 9.38. The topological polar surface area (TPSA) is 72.6 Å². The third-order valence-electron chi connectivity index (χ3n) is 3.11. The summed E-state index contributed by atoms with van der Waals surface area (Å²) in [6.45, 7) is 3.05. The van der Waals surface area contributed by atoms with Gasteiger partial charge in [0.05, 0.1) is 24.6 Å². The minimum atomic E-state index is 0.390. The van der Waals surface area contributed by atoms with E-state index in [2.05, 4.69) is 20.3 Å². The maximum absolute atomic E-state index is 10.7. The first kappa shape index (κ1) is 11.8. The Morgan fingerprint density at radius 2 is 1.84 bits per heavy atom. The zero-order chi connectivity index (χ0) is 13.1. The second-order valence-electron chi connectivity index (χ2n) is 4.23. The van der Waals surface area contributed by atoms with E-state index in [9.17, 15) is 4.91 Å². The Hall–Kier alpha value is -2.28. The summed E-state index contributed by atoms with van der Waals surface area (Å²) in [5, 5.41) is 10.6. The molecule has 0 radical (unpaired) electrons. The molecule has 0 saturated carbocycles. The van der Waals surface area contributed by atoms with E-state index < -0.39 is 0 Å². The maximum atomic E-state index is 10.7. The second kappa shape index (κ2) is 5.15. The van der Waals surface area contributed by atoms with Crippen molar-refractivity contribution in [3.05, 3.63) is 35.8 Å². The van der Waals surface area contributed by atoms with Gasteiger partial charge in [0.2, 0.25) is 0 Å². The number of hydrogen-bond acceptors (Lipinski definition) is 6. The maximum Gasteiger partial charge on any atom is 0.123 e. The fourth-order valence-electron chi connectivity index (χ4n) is 2.17. The van der Waals surface area contributed by atoms with Gasteiger partial charge in [0, 0.05) is 13.1 Å². The van der Waals surface area contributed by atoms with Crippen molar-refractivity contribution in [1.82, 2.24) is 14.8 Å². The third-order valence-corrected chi connectivity index (χ3v) is 3.11. The molecule has 7 nitrogen and oxygen atoms in total. The van der Waals surface area contributed by atoms with Crippen molar-refractivity contribution in [3.8, 4) is 5.69 Å². The molecule has 7 heteroatoms. The Balaban J connectivity index is 2.04. The lowest BCUT2D eigenvalue weighted by Gasteiger charge is -2.30. The molecule has 0 amide bonds. The normalized spacial score (nSPS) is 15.5. The highest BCUT2D eigenvalue weighted by Crippen LogP contribution is 2.29. The molecule has 1 aromatic carbocycles. The minimum Gasteiger partial charge on any atom is -0.378 e. The molecule has 0 unspecified atom stereocenters. The van der Waals surface area contributed by atoms with E-state index in [0.29, 0.717) is 18.9 Å². The van der Waals surface area contributed by atoms with E-state index in [-0.39, 0.29) is 0 Å². The zero-order valence-electron chi connectivity index (χ0n) is 10.3. The van der Waals surface area contributed by atoms with Gasteiger partial charge in [-0.2, -0.15) is 0 Å². The van der Waals surface area contributed by atoms with Gasteiger partial charge in [0.15, 0.2) is 0 Å². The summed E-state index contributed by atoms with van der Waals surface area (Å²) in [5.41, 5.74) is 2.26. The molecule has 0 N–H and O–H groups in total. The van der Waals surface area contributed by atoms with Crippen LogP contribution in [-0.4, -0.2) is 41.1 Å². The SMILES string of the molecule is O=Nc1ccc(N2CCOCC2)c(-n2cnnc2)c1. The lowest BCUT2D eigenvalue weighted by molar-refractivity contribution is 0.122. The van der Waals surface area contributed by atoms with Crippen LogP contribution >= 0.6 is 0 Å². The monoisotopic (exact) mass is 259 g/mol. The van der Waals surface area contributed by atoms with Crippen molar-refractivity contribution in [2.75, 3.05) is 31.2 Å². The summed E-state index contributed by atoms with van der Waals surface area (Å²) in [4.78, 5) is 12.9. The highest BCUT2D eigenvalue weighted by molar-refractivity contribution is 5.67. The van der Waals surface area contributed by atoms with Gasteiger partial charge >= 0.3 is 0 Å². The summed E-state index contributed by atoms with van der Waals surface area (Å²) in [6, 6.07) is 5.35. The zero-order valence-corrected chi connectivity index (χ0v) is 10.3. The van der Waals surface area contributed by atoms with Gasteiger partial charge in [0.25, 0.3) is 0 Å². The quantitative estimate of drug-likeness (QED) is 0.781. The van der Waals surface area contributed by atoms with Gasteiger partial charge in [-0.25, -0.2) is 0 Å². The lowest BCUT2D eigenvalue weighted by atomic mass is 10.2. The number of ether oxygens (including phenoxy) is 1. The average molecular weight is 259 g/mol. The molecule has 2 heterocycles. The summed E-state index contributed by atoms with van der Waals surface area (Å²) in [6.07, 6.45) is 3.21. The number of rotatable bonds is 3. The van der Waals surface area contributed by atoms with Gasteiger partial charge in [-0.15, -0.1) is 15.1 Å². The molecule has 2 aromatic rings. The van der Waals surface area contributed by atoms with Crippen LogP contribution in [0.15, 0.2) is 36.0 Å². The van der Waals surface area contributed by atoms with Crippen molar-refractivity contribution in [3.63, 3.8) is 0 Å². The molecular formula is C12H13N5O2. The van der Waals surface area contributed by atoms with Crippen LogP contribution in [0.4, 0.5) is 11.4 Å². The van der Waals surface area contributed by atoms with Crippen LogP contribution in [0.25, 0.3) is 5.69 Å². The molecule has 1 saturated heterocycles. The largest absolute Gasteiger partial charge is 0.378 e. The first-order valence-corrected chi connectivity index (χ1v) is 6.03. The number of benzene rings is 1. The van der Waals surface area contributed by atoms with Crippen LogP contribution in [0.5, 0.6) is 0 Å². The van der Waals surface area contributed by atoms with E-state index in [0.717, 1.165) is 24.5 Å². The number of nitroso groups, excluding NO2 is 1. The molecule has 1 aromatic heterocycles. The molecule has 3 rings (SSSR count). The Morgan fingerprint density at radius 3 is 2.53 bits per heavy atom. The van der Waals surface area contributed by atoms with Crippen molar-refractivity contribution in [1.29, 1.82) is 0 Å². The Morgan fingerprint density at radius 1 is 1.11 bits per heavy atom. The van der Waals surface area contributed by atoms with Crippen molar-refractivity contribution in [2.45, 2.75) is 0 Å². The fourth-order valence-corrected chi connectivity index (χ4v) is 2.17. The smallest absolute Gasteiger partial charge is 0.123 e. The summed E-state index contributed by atoms with van der Waals surface area (Å²) >= 11 is 0. The molecule has 1 aliphatic heterocycles. The van der Waals surface area contributed by atoms with Crippen molar-refractivity contribution < 1.29 is 4.74 Å². The summed E-state index contributed by atoms with van der Waals surface area (Å²) in [7, 11) is 0. The molecule has 19 heavy (non-hydrogen) atoms. The van der Waals surface area contributed by atoms with Gasteiger partial charge in [-0.05, 0) is 23.4 Å². The molecule has 1 fully saturated rings. The van der Waals surface area contributed by atoms with Crippen LogP contribution in [0.3, 0.4) is 0 Å². The van der Waals surface area contributed by atoms with Gasteiger partial charge in [-0.1, -0.05) is 0 Å². The highest BCUT2D eigenvalue weighted by atomic mass is 16.5. The van der Waals surface area contributed by atoms with E-state index in [1.165, 1.54) is 0 Å². The van der Waals surface area contributed by atoms with Crippen LogP contribution in [-0.2, 0) is 4.74 Å². The standard InChI is InChI=1S/C12H13N5O2/c18-15-10-1-2-11(16-3-5-19-6-4-16)12(7-10)17-8-13-14-9-17/h1-2,7-9H,3-6H2. The molecule has 1 aliphatic rings. The van der Waals surface area contributed by atoms with Gasteiger partial charge in [0.1, 0.15) is 18.3 Å². The second-order valence-corrected chi connectivity index (χ2v) is 4.23. The van der Waals surface area contributed by atoms with Crippen LogP contribution in [0.2, 0.25) is 0 Å². The first-order valence-electron chi connectivity index (χ1n) is 6.03. The lowest BCUT2D eigenvalue weighted by Crippen LogP contribution is -2.36. The van der Waals surface area contributed by atoms with E-state index in [4.69, 9.17) is 4.74 Å². The van der Waals surface area contributed by atoms with Crippen molar-refractivity contribution in [2.24, 2.45) is 5.18 Å². The number of nitrogens with zero attached hydrogens (tertiary/aromatic N) is 5.